The van der Waals surface area contributed by atoms with Gasteiger partial charge in [-0.05, 0) is 25.0 Å². The SMILES string of the molecule is Cc1nnc(NC(=O)CCCN2C(=O)CC(C)(C)c3ccccc32)s1. The number of carbonyl (C=O) groups is 2. The number of fused-ring (bicyclic) bond motifs is 1. The zero-order chi connectivity index (χ0) is 18.0. The number of hydrogen-bond acceptors (Lipinski definition) is 5. The van der Waals surface area contributed by atoms with E-state index in [-0.39, 0.29) is 17.2 Å². The van der Waals surface area contributed by atoms with Crippen LogP contribution >= 0.6 is 11.3 Å². The minimum atomic E-state index is -0.156. The second-order valence-electron chi connectivity index (χ2n) is 6.90. The van der Waals surface area contributed by atoms with E-state index < -0.39 is 0 Å². The summed E-state index contributed by atoms with van der Waals surface area (Å²) >= 11 is 1.35. The molecule has 0 atom stereocenters. The van der Waals surface area contributed by atoms with Gasteiger partial charge in [-0.25, -0.2) is 0 Å². The van der Waals surface area contributed by atoms with Gasteiger partial charge in [0.1, 0.15) is 5.01 Å². The van der Waals surface area contributed by atoms with Crippen LogP contribution in [0.5, 0.6) is 0 Å². The number of nitrogens with zero attached hydrogens (tertiary/aromatic N) is 3. The zero-order valence-corrected chi connectivity index (χ0v) is 15.5. The molecule has 2 amide bonds. The summed E-state index contributed by atoms with van der Waals surface area (Å²) in [5.41, 5.74) is 1.99. The lowest BCUT2D eigenvalue weighted by Crippen LogP contribution is -2.42. The van der Waals surface area contributed by atoms with Crippen molar-refractivity contribution in [2.45, 2.75) is 45.4 Å². The molecule has 0 aliphatic carbocycles. The maximum atomic E-state index is 12.6. The van der Waals surface area contributed by atoms with Crippen LogP contribution in [0.15, 0.2) is 24.3 Å². The van der Waals surface area contributed by atoms with Crippen molar-refractivity contribution in [3.63, 3.8) is 0 Å². The highest BCUT2D eigenvalue weighted by molar-refractivity contribution is 7.15. The molecule has 1 aromatic heterocycles. The molecule has 0 unspecified atom stereocenters. The van der Waals surface area contributed by atoms with Crippen LogP contribution in [-0.4, -0.2) is 28.6 Å². The van der Waals surface area contributed by atoms with E-state index in [9.17, 15) is 9.59 Å². The lowest BCUT2D eigenvalue weighted by Gasteiger charge is -2.38. The highest BCUT2D eigenvalue weighted by Crippen LogP contribution is 2.39. The smallest absolute Gasteiger partial charge is 0.227 e. The van der Waals surface area contributed by atoms with Crippen LogP contribution in [-0.2, 0) is 15.0 Å². The standard InChI is InChI=1S/C18H22N4O2S/c1-12-20-21-17(25-12)19-15(23)9-6-10-22-14-8-5-4-7-13(14)18(2,3)11-16(22)24/h4-5,7-8H,6,9-11H2,1-3H3,(H,19,21,23). The van der Waals surface area contributed by atoms with Gasteiger partial charge < -0.3 is 10.2 Å². The lowest BCUT2D eigenvalue weighted by molar-refractivity contribution is -0.120. The molecule has 1 aliphatic rings. The molecule has 132 valence electrons. The molecule has 7 heteroatoms. The summed E-state index contributed by atoms with van der Waals surface area (Å²) in [5.74, 6) is 0.0121. The van der Waals surface area contributed by atoms with Crippen LogP contribution in [0.25, 0.3) is 0 Å². The summed E-state index contributed by atoms with van der Waals surface area (Å²) in [7, 11) is 0. The van der Waals surface area contributed by atoms with Crippen LogP contribution in [0.4, 0.5) is 10.8 Å². The van der Waals surface area contributed by atoms with Gasteiger partial charge in [0.05, 0.1) is 0 Å². The quantitative estimate of drug-likeness (QED) is 0.890. The maximum absolute atomic E-state index is 12.6. The van der Waals surface area contributed by atoms with Gasteiger partial charge in [0.2, 0.25) is 16.9 Å². The van der Waals surface area contributed by atoms with Crippen molar-refractivity contribution < 1.29 is 9.59 Å². The molecule has 0 bridgehead atoms. The van der Waals surface area contributed by atoms with E-state index in [0.29, 0.717) is 30.9 Å². The Bertz CT molecular complexity index is 800. The Kier molecular flexibility index (Phi) is 4.85. The topological polar surface area (TPSA) is 75.2 Å². The van der Waals surface area contributed by atoms with Crippen molar-refractivity contribution in [3.05, 3.63) is 34.8 Å². The summed E-state index contributed by atoms with van der Waals surface area (Å²) in [4.78, 5) is 26.4. The van der Waals surface area contributed by atoms with Crippen LogP contribution in [0, 0.1) is 6.92 Å². The number of carbonyl (C=O) groups excluding carboxylic acids is 2. The molecule has 0 spiro atoms. The zero-order valence-electron chi connectivity index (χ0n) is 14.7. The molecule has 0 radical (unpaired) electrons. The van der Waals surface area contributed by atoms with E-state index >= 15 is 0 Å². The molecule has 1 N–H and O–H groups in total. The van der Waals surface area contributed by atoms with E-state index in [1.54, 1.807) is 0 Å². The molecule has 1 aliphatic heterocycles. The summed E-state index contributed by atoms with van der Waals surface area (Å²) in [6.07, 6.45) is 1.43. The van der Waals surface area contributed by atoms with E-state index in [1.807, 2.05) is 30.0 Å². The fourth-order valence-corrected chi connectivity index (χ4v) is 3.76. The van der Waals surface area contributed by atoms with Crippen molar-refractivity contribution in [3.8, 4) is 0 Å². The molecular formula is C18H22N4O2S. The van der Waals surface area contributed by atoms with Crippen molar-refractivity contribution in [1.29, 1.82) is 0 Å². The molecule has 1 aromatic carbocycles. The van der Waals surface area contributed by atoms with Crippen LogP contribution in [0.2, 0.25) is 0 Å². The first-order chi connectivity index (χ1) is 11.9. The molecule has 0 saturated carbocycles. The average Bonchev–Trinajstić information content (AvgIpc) is 2.95. The first kappa shape index (κ1) is 17.5. The molecule has 3 rings (SSSR count). The number of para-hydroxylation sites is 1. The third-order valence-corrected chi connectivity index (χ3v) is 5.13. The molecule has 2 aromatic rings. The number of nitrogens with one attached hydrogen (secondary N) is 1. The highest BCUT2D eigenvalue weighted by atomic mass is 32.1. The van der Waals surface area contributed by atoms with Crippen molar-refractivity contribution >= 4 is 34.0 Å². The summed E-state index contributed by atoms with van der Waals surface area (Å²) in [5, 5.41) is 11.8. The largest absolute Gasteiger partial charge is 0.312 e. The number of anilines is 2. The molecule has 2 heterocycles. The first-order valence-corrected chi connectivity index (χ1v) is 9.18. The van der Waals surface area contributed by atoms with Crippen LogP contribution in [0.3, 0.4) is 0 Å². The molecule has 0 saturated heterocycles. The van der Waals surface area contributed by atoms with Gasteiger partial charge in [0, 0.05) is 30.5 Å². The van der Waals surface area contributed by atoms with Crippen molar-refractivity contribution in [2.75, 3.05) is 16.8 Å². The third-order valence-electron chi connectivity index (χ3n) is 4.38. The predicted octanol–water partition coefficient (Wildman–Crippen LogP) is 3.28. The minimum absolute atomic E-state index is 0.103. The Morgan fingerprint density at radius 3 is 2.80 bits per heavy atom. The number of aromatic nitrogens is 2. The Morgan fingerprint density at radius 1 is 1.32 bits per heavy atom. The Morgan fingerprint density at radius 2 is 2.08 bits per heavy atom. The number of rotatable bonds is 5. The number of benzene rings is 1. The predicted molar refractivity (Wildman–Crippen MR) is 98.9 cm³/mol. The van der Waals surface area contributed by atoms with Gasteiger partial charge in [0.25, 0.3) is 0 Å². The average molecular weight is 358 g/mol. The molecule has 0 fully saturated rings. The Balaban J connectivity index is 1.61. The van der Waals surface area contributed by atoms with E-state index in [0.717, 1.165) is 10.7 Å². The Hall–Kier alpha value is -2.28. The van der Waals surface area contributed by atoms with Crippen LogP contribution < -0.4 is 10.2 Å². The van der Waals surface area contributed by atoms with Gasteiger partial charge in [-0.15, -0.1) is 10.2 Å². The number of amides is 2. The molecular weight excluding hydrogens is 336 g/mol. The van der Waals surface area contributed by atoms with E-state index in [1.165, 1.54) is 16.9 Å². The van der Waals surface area contributed by atoms with Gasteiger partial charge in [-0.2, -0.15) is 0 Å². The minimum Gasteiger partial charge on any atom is -0.312 e. The summed E-state index contributed by atoms with van der Waals surface area (Å²) in [6, 6.07) is 8.02. The van der Waals surface area contributed by atoms with Crippen molar-refractivity contribution in [2.24, 2.45) is 0 Å². The maximum Gasteiger partial charge on any atom is 0.227 e. The third kappa shape index (κ3) is 3.87. The number of aryl methyl sites for hydroxylation is 1. The summed E-state index contributed by atoms with van der Waals surface area (Å²) < 4.78 is 0. The lowest BCUT2D eigenvalue weighted by atomic mass is 9.77. The molecule has 6 nitrogen and oxygen atoms in total. The van der Waals surface area contributed by atoms with E-state index in [4.69, 9.17) is 0 Å². The van der Waals surface area contributed by atoms with Crippen molar-refractivity contribution in [1.82, 2.24) is 10.2 Å². The first-order valence-electron chi connectivity index (χ1n) is 8.37. The fourth-order valence-electron chi connectivity index (χ4n) is 3.16. The second kappa shape index (κ2) is 6.92. The van der Waals surface area contributed by atoms with Gasteiger partial charge in [-0.1, -0.05) is 43.4 Å². The summed E-state index contributed by atoms with van der Waals surface area (Å²) in [6.45, 7) is 6.57. The van der Waals surface area contributed by atoms with Crippen LogP contribution in [0.1, 0.15) is 43.7 Å². The van der Waals surface area contributed by atoms with Gasteiger partial charge >= 0.3 is 0 Å². The fraction of sp³-hybridized carbons (Fsp3) is 0.444. The normalized spacial score (nSPS) is 15.8. The second-order valence-corrected chi connectivity index (χ2v) is 8.08. The monoisotopic (exact) mass is 358 g/mol. The Labute approximate surface area is 151 Å². The number of hydrogen-bond donors (Lipinski definition) is 1. The van der Waals surface area contributed by atoms with Gasteiger partial charge in [0.15, 0.2) is 0 Å². The highest BCUT2D eigenvalue weighted by Gasteiger charge is 2.35. The molecule has 25 heavy (non-hydrogen) atoms. The van der Waals surface area contributed by atoms with Gasteiger partial charge in [-0.3, -0.25) is 9.59 Å². The van der Waals surface area contributed by atoms with E-state index in [2.05, 4.69) is 35.4 Å².